The van der Waals surface area contributed by atoms with Crippen LogP contribution in [0.15, 0.2) is 54.6 Å². The van der Waals surface area contributed by atoms with E-state index in [0.717, 1.165) is 11.3 Å². The first-order chi connectivity index (χ1) is 14.7. The van der Waals surface area contributed by atoms with Crippen molar-refractivity contribution in [1.29, 1.82) is 0 Å². The molecular weight excluding hydrogens is 394 g/mol. The lowest BCUT2D eigenvalue weighted by molar-refractivity contribution is 0.00695. The van der Waals surface area contributed by atoms with Crippen molar-refractivity contribution >= 4 is 17.8 Å². The number of nitrogens with zero attached hydrogens (tertiary/aromatic N) is 2. The van der Waals surface area contributed by atoms with Crippen LogP contribution in [0.1, 0.15) is 48.0 Å². The molecule has 0 unspecified atom stereocenters. The predicted molar refractivity (Wildman–Crippen MR) is 119 cm³/mol. The second kappa shape index (κ2) is 9.06. The summed E-state index contributed by atoms with van der Waals surface area (Å²) in [6, 6.07) is 16.3. The van der Waals surface area contributed by atoms with Crippen molar-refractivity contribution < 1.29 is 19.1 Å². The second-order valence-electron chi connectivity index (χ2n) is 8.05. The summed E-state index contributed by atoms with van der Waals surface area (Å²) in [5.41, 5.74) is 2.08. The number of aryl methyl sites for hydroxylation is 2. The summed E-state index contributed by atoms with van der Waals surface area (Å²) in [7, 11) is 1.81. The van der Waals surface area contributed by atoms with E-state index >= 15 is 0 Å². The minimum Gasteiger partial charge on any atom is -0.456 e. The van der Waals surface area contributed by atoms with Crippen molar-refractivity contribution in [2.75, 3.05) is 0 Å². The van der Waals surface area contributed by atoms with Gasteiger partial charge < -0.3 is 14.3 Å². The average Bonchev–Trinajstić information content (AvgIpc) is 2.98. The van der Waals surface area contributed by atoms with E-state index in [1.54, 1.807) is 42.1 Å². The molecule has 0 aliphatic rings. The maximum Gasteiger partial charge on any atom is 0.338 e. The van der Waals surface area contributed by atoms with Crippen LogP contribution in [0.25, 0.3) is 11.8 Å². The van der Waals surface area contributed by atoms with Gasteiger partial charge in [0.25, 0.3) is 0 Å². The van der Waals surface area contributed by atoms with E-state index in [-0.39, 0.29) is 5.97 Å². The van der Waals surface area contributed by atoms with Gasteiger partial charge in [0.1, 0.15) is 11.4 Å². The lowest BCUT2D eigenvalue weighted by Crippen LogP contribution is -2.23. The Morgan fingerprint density at radius 3 is 2.23 bits per heavy atom. The minimum absolute atomic E-state index is 0.389. The van der Waals surface area contributed by atoms with Gasteiger partial charge in [-0.3, -0.25) is 0 Å². The summed E-state index contributed by atoms with van der Waals surface area (Å²) in [5.74, 6) is 6.83. The molecule has 0 amide bonds. The molecule has 3 rings (SSSR count). The van der Waals surface area contributed by atoms with Gasteiger partial charge in [-0.1, -0.05) is 30.3 Å². The first-order valence-electron chi connectivity index (χ1n) is 9.86. The largest absolute Gasteiger partial charge is 0.456 e. The molecule has 0 aliphatic carbocycles. The fraction of sp³-hybridized carbons (Fsp3) is 0.250. The van der Waals surface area contributed by atoms with Crippen LogP contribution in [-0.4, -0.2) is 21.4 Å². The topological polar surface area (TPSA) is 88.6 Å². The number of rotatable bonds is 6. The third-order valence-electron chi connectivity index (χ3n) is 4.38. The van der Waals surface area contributed by atoms with E-state index in [1.165, 1.54) is 0 Å². The Morgan fingerprint density at radius 2 is 1.65 bits per heavy atom. The fourth-order valence-electron chi connectivity index (χ4n) is 2.96. The van der Waals surface area contributed by atoms with Crippen molar-refractivity contribution in [1.82, 2.24) is 9.78 Å². The zero-order valence-corrected chi connectivity index (χ0v) is 18.4. The molecule has 0 fully saturated rings. The van der Waals surface area contributed by atoms with Crippen LogP contribution in [0.5, 0.6) is 11.6 Å². The van der Waals surface area contributed by atoms with Crippen LogP contribution in [0.2, 0.25) is 0 Å². The number of carbonyl (C=O) groups is 1. The summed E-state index contributed by atoms with van der Waals surface area (Å²) in [6.45, 7) is 7.36. The number of nitrogens with two attached hydrogens (primary N) is 1. The molecule has 0 atom stereocenters. The molecule has 162 valence electrons. The number of para-hydroxylation sites is 1. The summed E-state index contributed by atoms with van der Waals surface area (Å²) in [4.78, 5) is 17.4. The Bertz CT molecular complexity index is 1080. The molecule has 7 heteroatoms. The summed E-state index contributed by atoms with van der Waals surface area (Å²) >= 11 is 0. The molecule has 1 heterocycles. The zero-order valence-electron chi connectivity index (χ0n) is 18.4. The number of aromatic nitrogens is 2. The van der Waals surface area contributed by atoms with E-state index in [1.807, 2.05) is 58.0 Å². The number of carbonyl (C=O) groups excluding carboxylic acids is 1. The van der Waals surface area contributed by atoms with Gasteiger partial charge in [0.05, 0.1) is 16.8 Å². The van der Waals surface area contributed by atoms with Crippen LogP contribution >= 0.6 is 0 Å². The Kier molecular flexibility index (Phi) is 6.46. The normalized spacial score (nSPS) is 11.9. The Balaban J connectivity index is 1.91. The third-order valence-corrected chi connectivity index (χ3v) is 4.38. The van der Waals surface area contributed by atoms with Gasteiger partial charge in [0.15, 0.2) is 5.76 Å². The highest BCUT2D eigenvalue weighted by molar-refractivity contribution is 5.90. The monoisotopic (exact) mass is 421 g/mol. The summed E-state index contributed by atoms with van der Waals surface area (Å²) < 4.78 is 13.1. The second-order valence-corrected chi connectivity index (χ2v) is 8.05. The molecule has 1 aromatic heterocycles. The molecule has 2 aromatic carbocycles. The Labute approximate surface area is 182 Å². The minimum atomic E-state index is -0.561. The van der Waals surface area contributed by atoms with Crippen molar-refractivity contribution in [2.24, 2.45) is 12.9 Å². The van der Waals surface area contributed by atoms with Gasteiger partial charge in [-0.15, -0.1) is 0 Å². The average molecular weight is 421 g/mol. The highest BCUT2D eigenvalue weighted by Gasteiger charge is 2.19. The molecule has 31 heavy (non-hydrogen) atoms. The number of esters is 1. The van der Waals surface area contributed by atoms with E-state index in [9.17, 15) is 4.79 Å². The van der Waals surface area contributed by atoms with Crippen LogP contribution in [0.3, 0.4) is 0 Å². The molecule has 0 saturated heterocycles. The molecule has 0 bridgehead atoms. The lowest BCUT2D eigenvalue weighted by atomic mass is 10.1. The summed E-state index contributed by atoms with van der Waals surface area (Å²) in [6.07, 6.45) is 1.77. The number of hydrogen-bond donors (Lipinski definition) is 1. The highest BCUT2D eigenvalue weighted by Crippen LogP contribution is 2.31. The van der Waals surface area contributed by atoms with Crippen molar-refractivity contribution in [2.45, 2.75) is 33.3 Å². The van der Waals surface area contributed by atoms with Crippen molar-refractivity contribution in [3.8, 4) is 11.6 Å². The first kappa shape index (κ1) is 22.1. The number of hydrogen-bond acceptors (Lipinski definition) is 6. The lowest BCUT2D eigenvalue weighted by Gasteiger charge is -2.19. The van der Waals surface area contributed by atoms with E-state index in [0.29, 0.717) is 28.5 Å². The van der Waals surface area contributed by atoms with Gasteiger partial charge in [0.2, 0.25) is 5.88 Å². The van der Waals surface area contributed by atoms with Gasteiger partial charge in [-0.25, -0.2) is 9.48 Å². The van der Waals surface area contributed by atoms with Crippen molar-refractivity contribution in [3.05, 3.63) is 77.0 Å². The van der Waals surface area contributed by atoms with Gasteiger partial charge >= 0.3 is 5.97 Å². The maximum atomic E-state index is 12.2. The molecule has 2 N–H and O–H groups in total. The smallest absolute Gasteiger partial charge is 0.338 e. The third kappa shape index (κ3) is 5.52. The highest BCUT2D eigenvalue weighted by atomic mass is 16.6. The van der Waals surface area contributed by atoms with E-state index in [2.05, 4.69) is 5.10 Å². The van der Waals surface area contributed by atoms with Crippen LogP contribution in [-0.2, 0) is 16.6 Å². The predicted octanol–water partition coefficient (Wildman–Crippen LogP) is 4.86. The van der Waals surface area contributed by atoms with Crippen LogP contribution in [0, 0.1) is 6.92 Å². The van der Waals surface area contributed by atoms with E-state index < -0.39 is 5.60 Å². The van der Waals surface area contributed by atoms with E-state index in [4.69, 9.17) is 20.2 Å². The molecule has 0 aliphatic heterocycles. The molecule has 0 spiro atoms. The number of benzene rings is 2. The molecule has 7 nitrogen and oxygen atoms in total. The van der Waals surface area contributed by atoms with Gasteiger partial charge in [-0.05, 0) is 58.0 Å². The maximum absolute atomic E-state index is 12.2. The molecule has 3 aromatic rings. The SMILES string of the molecule is Cc1nn(C)c(Oc2ccccc2)c1C=C(ON)c1ccc(C(=O)OC(C)(C)C)cc1. The summed E-state index contributed by atoms with van der Waals surface area (Å²) in [5, 5.41) is 4.45. The van der Waals surface area contributed by atoms with Crippen LogP contribution in [0.4, 0.5) is 0 Å². The van der Waals surface area contributed by atoms with Crippen molar-refractivity contribution in [3.63, 3.8) is 0 Å². The molecular formula is C24H27N3O4. The first-order valence-corrected chi connectivity index (χ1v) is 9.86. The standard InChI is InChI=1S/C24H27N3O4/c1-16-20(22(27(5)26-16)29-19-9-7-6-8-10-19)15-21(31-25)17-11-13-18(14-12-17)23(28)30-24(2,3)4/h6-15H,25H2,1-5H3. The Morgan fingerprint density at radius 1 is 1.03 bits per heavy atom. The molecule has 0 radical (unpaired) electrons. The Hall–Kier alpha value is -3.58. The quantitative estimate of drug-likeness (QED) is 0.347. The zero-order chi connectivity index (χ0) is 22.6. The number of ether oxygens (including phenoxy) is 2. The van der Waals surface area contributed by atoms with Gasteiger partial charge in [0, 0.05) is 12.6 Å². The van der Waals surface area contributed by atoms with Crippen LogP contribution < -0.4 is 10.6 Å². The van der Waals surface area contributed by atoms with Gasteiger partial charge in [-0.2, -0.15) is 11.0 Å². The fourth-order valence-corrected chi connectivity index (χ4v) is 2.96. The molecule has 0 saturated carbocycles.